The summed E-state index contributed by atoms with van der Waals surface area (Å²) in [5, 5.41) is 18.2. The number of halogens is 3. The summed E-state index contributed by atoms with van der Waals surface area (Å²) in [6.45, 7) is 6.83. The number of benzene rings is 1. The minimum absolute atomic E-state index is 0.0290. The van der Waals surface area contributed by atoms with Gasteiger partial charge in [-0.2, -0.15) is 13.2 Å². The van der Waals surface area contributed by atoms with Crippen molar-refractivity contribution in [3.8, 4) is 17.0 Å². The van der Waals surface area contributed by atoms with Crippen molar-refractivity contribution in [2.45, 2.75) is 39.2 Å². The Morgan fingerprint density at radius 3 is 2.35 bits per heavy atom. The van der Waals surface area contributed by atoms with Gasteiger partial charge in [0.2, 0.25) is 5.95 Å². The SMILES string of the molecule is Cc1nc(N2C[C@H](C)O[C@@H](C)C2)nnc1-c1ccc(C(F)(F)F)cc1O. The number of alkyl halides is 3. The normalized spacial score (nSPS) is 21.1. The van der Waals surface area contributed by atoms with E-state index in [0.29, 0.717) is 30.8 Å². The van der Waals surface area contributed by atoms with Gasteiger partial charge in [-0.3, -0.25) is 0 Å². The van der Waals surface area contributed by atoms with Crippen molar-refractivity contribution in [3.63, 3.8) is 0 Å². The van der Waals surface area contributed by atoms with Crippen molar-refractivity contribution < 1.29 is 23.0 Å². The van der Waals surface area contributed by atoms with Crippen molar-refractivity contribution in [1.82, 2.24) is 15.2 Å². The number of phenols is 1. The van der Waals surface area contributed by atoms with E-state index in [1.54, 1.807) is 6.92 Å². The molecule has 0 unspecified atom stereocenters. The van der Waals surface area contributed by atoms with Gasteiger partial charge in [-0.15, -0.1) is 10.2 Å². The predicted octanol–water partition coefficient (Wildman–Crippen LogP) is 3.19. The van der Waals surface area contributed by atoms with Gasteiger partial charge in [0.15, 0.2) is 0 Å². The topological polar surface area (TPSA) is 71.4 Å². The molecule has 1 aliphatic heterocycles. The molecule has 1 aliphatic rings. The van der Waals surface area contributed by atoms with Gasteiger partial charge in [0.25, 0.3) is 0 Å². The Bertz CT molecular complexity index is 803. The Kier molecular flexibility index (Phi) is 4.74. The molecule has 0 amide bonds. The molecule has 3 rings (SSSR count). The van der Waals surface area contributed by atoms with Crippen molar-refractivity contribution in [2.24, 2.45) is 0 Å². The van der Waals surface area contributed by atoms with Crippen LogP contribution in [0, 0.1) is 6.92 Å². The summed E-state index contributed by atoms with van der Waals surface area (Å²) in [4.78, 5) is 6.37. The molecule has 2 aromatic rings. The van der Waals surface area contributed by atoms with Crippen LogP contribution in [-0.2, 0) is 10.9 Å². The fourth-order valence-corrected chi connectivity index (χ4v) is 3.02. The van der Waals surface area contributed by atoms with Crippen LogP contribution in [0.25, 0.3) is 11.3 Å². The summed E-state index contributed by atoms with van der Waals surface area (Å²) in [6.07, 6.45) is -4.47. The van der Waals surface area contributed by atoms with Crippen LogP contribution >= 0.6 is 0 Å². The van der Waals surface area contributed by atoms with E-state index in [1.807, 2.05) is 18.7 Å². The molecule has 140 valence electrons. The van der Waals surface area contributed by atoms with Crippen LogP contribution < -0.4 is 4.90 Å². The third-order valence-electron chi connectivity index (χ3n) is 4.13. The van der Waals surface area contributed by atoms with Gasteiger partial charge in [0.1, 0.15) is 11.4 Å². The first-order valence-corrected chi connectivity index (χ1v) is 8.17. The fraction of sp³-hybridized carbons (Fsp3) is 0.471. The molecule has 1 aromatic heterocycles. The summed E-state index contributed by atoms with van der Waals surface area (Å²) in [6, 6.07) is 2.75. The number of anilines is 1. The number of ether oxygens (including phenoxy) is 1. The zero-order valence-electron chi connectivity index (χ0n) is 14.6. The first-order chi connectivity index (χ1) is 12.1. The van der Waals surface area contributed by atoms with Crippen molar-refractivity contribution in [1.29, 1.82) is 0 Å². The van der Waals surface area contributed by atoms with E-state index in [1.165, 1.54) is 6.07 Å². The lowest BCUT2D eigenvalue weighted by atomic mass is 10.1. The van der Waals surface area contributed by atoms with Crippen LogP contribution in [0.3, 0.4) is 0 Å². The van der Waals surface area contributed by atoms with Crippen molar-refractivity contribution in [2.75, 3.05) is 18.0 Å². The molecular weight excluding hydrogens is 349 g/mol. The number of nitrogens with zero attached hydrogens (tertiary/aromatic N) is 4. The summed E-state index contributed by atoms with van der Waals surface area (Å²) in [5.41, 5.74) is -0.0535. The number of aromatic hydroxyl groups is 1. The molecule has 0 radical (unpaired) electrons. The first kappa shape index (κ1) is 18.4. The third kappa shape index (κ3) is 3.72. The van der Waals surface area contributed by atoms with Crippen LogP contribution in [-0.4, -0.2) is 45.6 Å². The number of aryl methyl sites for hydroxylation is 1. The summed E-state index contributed by atoms with van der Waals surface area (Å²) in [5.74, 6) is -0.0833. The summed E-state index contributed by atoms with van der Waals surface area (Å²) >= 11 is 0. The van der Waals surface area contributed by atoms with E-state index in [2.05, 4.69) is 15.2 Å². The van der Waals surface area contributed by atoms with Crippen LogP contribution in [0.2, 0.25) is 0 Å². The molecule has 2 atom stereocenters. The molecule has 1 fully saturated rings. The molecule has 6 nitrogen and oxygen atoms in total. The Morgan fingerprint density at radius 1 is 1.15 bits per heavy atom. The highest BCUT2D eigenvalue weighted by molar-refractivity contribution is 5.69. The van der Waals surface area contributed by atoms with Gasteiger partial charge in [0, 0.05) is 18.7 Å². The minimum atomic E-state index is -4.53. The zero-order chi connectivity index (χ0) is 19.1. The lowest BCUT2D eigenvalue weighted by Crippen LogP contribution is -2.46. The molecule has 0 bridgehead atoms. The molecule has 0 saturated carbocycles. The third-order valence-corrected chi connectivity index (χ3v) is 4.13. The molecule has 1 aromatic carbocycles. The van der Waals surface area contributed by atoms with E-state index in [0.717, 1.165) is 6.07 Å². The van der Waals surface area contributed by atoms with Gasteiger partial charge in [-0.1, -0.05) is 0 Å². The summed E-state index contributed by atoms with van der Waals surface area (Å²) < 4.78 is 43.9. The molecule has 2 heterocycles. The maximum Gasteiger partial charge on any atom is 0.416 e. The predicted molar refractivity (Wildman–Crippen MR) is 88.9 cm³/mol. The van der Waals surface area contributed by atoms with E-state index in [-0.39, 0.29) is 23.5 Å². The number of aromatic nitrogens is 3. The average molecular weight is 368 g/mol. The highest BCUT2D eigenvalue weighted by Gasteiger charge is 2.31. The molecule has 1 N–H and O–H groups in total. The van der Waals surface area contributed by atoms with E-state index < -0.39 is 17.5 Å². The number of morpholine rings is 1. The molecule has 26 heavy (non-hydrogen) atoms. The van der Waals surface area contributed by atoms with E-state index >= 15 is 0 Å². The number of phenolic OH excluding ortho intramolecular Hbond substituents is 1. The lowest BCUT2D eigenvalue weighted by molar-refractivity contribution is -0.137. The number of hydrogen-bond donors (Lipinski definition) is 1. The van der Waals surface area contributed by atoms with Gasteiger partial charge in [-0.05, 0) is 39.0 Å². The first-order valence-electron chi connectivity index (χ1n) is 8.17. The van der Waals surface area contributed by atoms with Crippen LogP contribution in [0.5, 0.6) is 5.75 Å². The molecule has 9 heteroatoms. The quantitative estimate of drug-likeness (QED) is 0.878. The second-order valence-electron chi connectivity index (χ2n) is 6.44. The second-order valence-corrected chi connectivity index (χ2v) is 6.44. The average Bonchev–Trinajstić information content (AvgIpc) is 2.53. The van der Waals surface area contributed by atoms with Gasteiger partial charge in [0.05, 0.1) is 23.5 Å². The largest absolute Gasteiger partial charge is 0.507 e. The molecule has 0 aliphatic carbocycles. The summed E-state index contributed by atoms with van der Waals surface area (Å²) in [7, 11) is 0. The van der Waals surface area contributed by atoms with Gasteiger partial charge >= 0.3 is 6.18 Å². The Morgan fingerprint density at radius 2 is 1.81 bits per heavy atom. The lowest BCUT2D eigenvalue weighted by Gasteiger charge is -2.35. The molecule has 0 spiro atoms. The van der Waals surface area contributed by atoms with Crippen LogP contribution in [0.4, 0.5) is 19.1 Å². The molecule has 1 saturated heterocycles. The Hall–Kier alpha value is -2.42. The maximum atomic E-state index is 12.7. The monoisotopic (exact) mass is 368 g/mol. The Labute approximate surface area is 148 Å². The van der Waals surface area contributed by atoms with Crippen molar-refractivity contribution in [3.05, 3.63) is 29.5 Å². The smallest absolute Gasteiger partial charge is 0.416 e. The van der Waals surface area contributed by atoms with Gasteiger partial charge in [-0.25, -0.2) is 4.98 Å². The van der Waals surface area contributed by atoms with E-state index in [9.17, 15) is 18.3 Å². The highest BCUT2D eigenvalue weighted by Crippen LogP contribution is 2.36. The van der Waals surface area contributed by atoms with Crippen molar-refractivity contribution >= 4 is 5.95 Å². The van der Waals surface area contributed by atoms with Crippen LogP contribution in [0.15, 0.2) is 18.2 Å². The fourth-order valence-electron chi connectivity index (χ4n) is 3.02. The maximum absolute atomic E-state index is 12.7. The number of hydrogen-bond acceptors (Lipinski definition) is 6. The van der Waals surface area contributed by atoms with Gasteiger partial charge < -0.3 is 14.7 Å². The van der Waals surface area contributed by atoms with Crippen LogP contribution in [0.1, 0.15) is 25.1 Å². The highest BCUT2D eigenvalue weighted by atomic mass is 19.4. The minimum Gasteiger partial charge on any atom is -0.507 e. The number of rotatable bonds is 2. The van der Waals surface area contributed by atoms with E-state index in [4.69, 9.17) is 4.74 Å². The Balaban J connectivity index is 1.91. The second kappa shape index (κ2) is 6.71. The standard InChI is InChI=1S/C17H19F3N4O2/c1-9-7-24(8-10(2)26-9)16-21-11(3)15(22-23-16)13-5-4-12(6-14(13)25)17(18,19)20/h4-6,9-10,25H,7-8H2,1-3H3/t9-,10-/m0/s1. The molecular formula is C17H19F3N4O2. The zero-order valence-corrected chi connectivity index (χ0v) is 14.6.